The molecule has 0 bridgehead atoms. The number of anilines is 1. The molecule has 1 aliphatic rings. The molecule has 0 atom stereocenters. The van der Waals surface area contributed by atoms with Crippen molar-refractivity contribution in [2.24, 2.45) is 0 Å². The number of aromatic nitrogens is 1. The predicted molar refractivity (Wildman–Crippen MR) is 128 cm³/mol. The monoisotopic (exact) mass is 545 g/mol. The van der Waals surface area contributed by atoms with E-state index in [0.29, 0.717) is 16.3 Å². The summed E-state index contributed by atoms with van der Waals surface area (Å²) in [5.74, 6) is -1.38. The summed E-state index contributed by atoms with van der Waals surface area (Å²) in [6.45, 7) is 3.84. The number of aryl methyl sites for hydroxylation is 1. The number of amides is 4. The Labute approximate surface area is 197 Å². The van der Waals surface area contributed by atoms with Crippen LogP contribution in [0, 0.1) is 17.4 Å². The molecule has 6 nitrogen and oxygen atoms in total. The van der Waals surface area contributed by atoms with Crippen LogP contribution < -0.4 is 10.2 Å². The van der Waals surface area contributed by atoms with Crippen LogP contribution in [0.5, 0.6) is 0 Å². The molecule has 1 saturated heterocycles. The van der Waals surface area contributed by atoms with Crippen molar-refractivity contribution in [1.82, 2.24) is 9.88 Å². The number of nitrogens with zero attached hydrogens (tertiary/aromatic N) is 2. The van der Waals surface area contributed by atoms with Gasteiger partial charge in [-0.3, -0.25) is 14.9 Å². The second-order valence-corrected chi connectivity index (χ2v) is 8.75. The van der Waals surface area contributed by atoms with Gasteiger partial charge in [-0.2, -0.15) is 0 Å². The molecule has 1 aromatic heterocycles. The van der Waals surface area contributed by atoms with Crippen molar-refractivity contribution >= 4 is 63.8 Å². The lowest BCUT2D eigenvalue weighted by atomic mass is 10.1. The third-order valence-electron chi connectivity index (χ3n) is 5.04. The lowest BCUT2D eigenvalue weighted by Crippen LogP contribution is -2.54. The highest BCUT2D eigenvalue weighted by atomic mass is 127. The average molecular weight is 546 g/mol. The molecule has 0 unspecified atom stereocenters. The zero-order valence-electron chi connectivity index (χ0n) is 16.6. The maximum atomic E-state index is 13.1. The Morgan fingerprint density at radius 3 is 2.19 bits per heavy atom. The molecule has 0 saturated carbocycles. The molecular weight excluding hydrogens is 529 g/mol. The molecule has 4 rings (SSSR count). The first kappa shape index (κ1) is 21.3. The summed E-state index contributed by atoms with van der Waals surface area (Å²) >= 11 is 8.13. The van der Waals surface area contributed by atoms with Gasteiger partial charge in [-0.25, -0.2) is 9.69 Å². The SMILES string of the molecule is Cc1cc(C=C2C(=O)NC(=O)N(c3ccc(I)cc3)C2=O)c(C)n1-c1ccc(Cl)cc1. The van der Waals surface area contributed by atoms with Gasteiger partial charge >= 0.3 is 6.03 Å². The van der Waals surface area contributed by atoms with Gasteiger partial charge in [0.15, 0.2) is 0 Å². The molecule has 2 heterocycles. The Morgan fingerprint density at radius 2 is 1.55 bits per heavy atom. The zero-order chi connectivity index (χ0) is 22.3. The molecule has 1 fully saturated rings. The van der Waals surface area contributed by atoms with Gasteiger partial charge in [0, 0.05) is 25.7 Å². The lowest BCUT2D eigenvalue weighted by Gasteiger charge is -2.26. The first-order valence-electron chi connectivity index (χ1n) is 9.38. The Hall–Kier alpha value is -2.91. The summed E-state index contributed by atoms with van der Waals surface area (Å²) in [5, 5.41) is 2.90. The molecular formula is C23H17ClIN3O3. The first-order chi connectivity index (χ1) is 14.8. The minimum Gasteiger partial charge on any atom is -0.318 e. The van der Waals surface area contributed by atoms with Gasteiger partial charge in [-0.1, -0.05) is 11.6 Å². The van der Waals surface area contributed by atoms with Crippen LogP contribution in [0.2, 0.25) is 5.02 Å². The lowest BCUT2D eigenvalue weighted by molar-refractivity contribution is -0.122. The Bertz CT molecular complexity index is 1240. The van der Waals surface area contributed by atoms with Gasteiger partial charge in [-0.05, 0) is 103 Å². The maximum absolute atomic E-state index is 13.1. The molecule has 1 N–H and O–H groups in total. The number of urea groups is 1. The van der Waals surface area contributed by atoms with Crippen molar-refractivity contribution in [3.05, 3.63) is 85.7 Å². The van der Waals surface area contributed by atoms with E-state index in [0.717, 1.165) is 25.5 Å². The molecule has 0 aliphatic carbocycles. The highest BCUT2D eigenvalue weighted by molar-refractivity contribution is 14.1. The Morgan fingerprint density at radius 1 is 0.935 bits per heavy atom. The predicted octanol–water partition coefficient (Wildman–Crippen LogP) is 5.02. The number of benzene rings is 2. The van der Waals surface area contributed by atoms with Crippen LogP contribution >= 0.6 is 34.2 Å². The highest BCUT2D eigenvalue weighted by Gasteiger charge is 2.37. The fourth-order valence-electron chi connectivity index (χ4n) is 3.56. The van der Waals surface area contributed by atoms with Crippen LogP contribution in [0.3, 0.4) is 0 Å². The van der Waals surface area contributed by atoms with Crippen LogP contribution in [-0.4, -0.2) is 22.4 Å². The van der Waals surface area contributed by atoms with Crippen LogP contribution in [0.25, 0.3) is 11.8 Å². The van der Waals surface area contributed by atoms with E-state index in [1.54, 1.807) is 36.4 Å². The summed E-state index contributed by atoms with van der Waals surface area (Å²) in [5.41, 5.74) is 3.70. The van der Waals surface area contributed by atoms with Gasteiger partial charge in [0.2, 0.25) is 0 Å². The number of imide groups is 2. The van der Waals surface area contributed by atoms with E-state index in [2.05, 4.69) is 27.9 Å². The minimum atomic E-state index is -0.764. The molecule has 0 spiro atoms. The fraction of sp³-hybridized carbons (Fsp3) is 0.0870. The third kappa shape index (κ3) is 4.03. The van der Waals surface area contributed by atoms with E-state index >= 15 is 0 Å². The van der Waals surface area contributed by atoms with Crippen molar-refractivity contribution < 1.29 is 14.4 Å². The van der Waals surface area contributed by atoms with E-state index in [4.69, 9.17) is 11.6 Å². The van der Waals surface area contributed by atoms with Crippen molar-refractivity contribution in [3.63, 3.8) is 0 Å². The van der Waals surface area contributed by atoms with E-state index < -0.39 is 17.8 Å². The molecule has 2 aromatic carbocycles. The van der Waals surface area contributed by atoms with E-state index in [1.165, 1.54) is 6.08 Å². The summed E-state index contributed by atoms with van der Waals surface area (Å²) in [4.78, 5) is 38.9. The number of carbonyl (C=O) groups excluding carboxylic acids is 3. The summed E-state index contributed by atoms with van der Waals surface area (Å²) in [6.07, 6.45) is 1.53. The quantitative estimate of drug-likeness (QED) is 0.286. The van der Waals surface area contributed by atoms with E-state index in [1.807, 2.05) is 36.6 Å². The van der Waals surface area contributed by atoms with E-state index in [-0.39, 0.29) is 5.57 Å². The number of nitrogens with one attached hydrogen (secondary N) is 1. The molecule has 3 aromatic rings. The van der Waals surface area contributed by atoms with Gasteiger partial charge in [0.1, 0.15) is 5.57 Å². The third-order valence-corrected chi connectivity index (χ3v) is 6.01. The van der Waals surface area contributed by atoms with Gasteiger partial charge in [0.05, 0.1) is 5.69 Å². The Balaban J connectivity index is 1.75. The summed E-state index contributed by atoms with van der Waals surface area (Å²) in [6, 6.07) is 15.4. The molecule has 31 heavy (non-hydrogen) atoms. The second-order valence-electron chi connectivity index (χ2n) is 7.07. The van der Waals surface area contributed by atoms with Crippen molar-refractivity contribution in [2.75, 3.05) is 4.90 Å². The number of hydrogen-bond acceptors (Lipinski definition) is 3. The van der Waals surface area contributed by atoms with Crippen LogP contribution in [0.15, 0.2) is 60.2 Å². The Kier molecular flexibility index (Phi) is 5.72. The smallest absolute Gasteiger partial charge is 0.318 e. The zero-order valence-corrected chi connectivity index (χ0v) is 19.6. The number of carbonyl (C=O) groups is 3. The summed E-state index contributed by atoms with van der Waals surface area (Å²) < 4.78 is 2.98. The van der Waals surface area contributed by atoms with Crippen molar-refractivity contribution in [2.45, 2.75) is 13.8 Å². The van der Waals surface area contributed by atoms with Gasteiger partial charge in [-0.15, -0.1) is 0 Å². The fourth-order valence-corrected chi connectivity index (χ4v) is 4.04. The maximum Gasteiger partial charge on any atom is 0.335 e. The molecule has 0 radical (unpaired) electrons. The van der Waals surface area contributed by atoms with Gasteiger partial charge < -0.3 is 4.57 Å². The number of barbiturate groups is 1. The average Bonchev–Trinajstić information content (AvgIpc) is 3.00. The largest absolute Gasteiger partial charge is 0.335 e. The highest BCUT2D eigenvalue weighted by Crippen LogP contribution is 2.27. The second kappa shape index (κ2) is 8.32. The van der Waals surface area contributed by atoms with Crippen LogP contribution in [0.1, 0.15) is 17.0 Å². The summed E-state index contributed by atoms with van der Waals surface area (Å²) in [7, 11) is 0. The van der Waals surface area contributed by atoms with E-state index in [9.17, 15) is 14.4 Å². The first-order valence-corrected chi connectivity index (χ1v) is 10.8. The molecule has 8 heteroatoms. The van der Waals surface area contributed by atoms with Crippen molar-refractivity contribution in [1.29, 1.82) is 0 Å². The molecule has 4 amide bonds. The standard InChI is InChI=1S/C23H17ClIN3O3/c1-13-11-15(14(2)27(13)18-7-3-16(24)4-8-18)12-20-21(29)26-23(31)28(22(20)30)19-9-5-17(25)6-10-19/h3-12H,1-2H3,(H,26,29,31). The molecule has 1 aliphatic heterocycles. The topological polar surface area (TPSA) is 71.4 Å². The number of rotatable bonds is 3. The van der Waals surface area contributed by atoms with Crippen molar-refractivity contribution in [3.8, 4) is 5.69 Å². The van der Waals surface area contributed by atoms with Crippen LogP contribution in [0.4, 0.5) is 10.5 Å². The molecule has 156 valence electrons. The van der Waals surface area contributed by atoms with Crippen LogP contribution in [-0.2, 0) is 9.59 Å². The van der Waals surface area contributed by atoms with Gasteiger partial charge in [0.25, 0.3) is 11.8 Å². The number of halogens is 2. The number of hydrogen-bond donors (Lipinski definition) is 1. The normalized spacial score (nSPS) is 15.5. The minimum absolute atomic E-state index is 0.102.